The highest BCUT2D eigenvalue weighted by molar-refractivity contribution is 6.05. The Hall–Kier alpha value is -2.43. The fourth-order valence-electron chi connectivity index (χ4n) is 3.67. The number of nitrogens with one attached hydrogen (secondary N) is 1. The normalized spacial score (nSPS) is 21.8. The first kappa shape index (κ1) is 18.4. The number of allylic oxidation sites excluding steroid dienone is 2. The van der Waals surface area contributed by atoms with Gasteiger partial charge in [0, 0.05) is 19.5 Å². The summed E-state index contributed by atoms with van der Waals surface area (Å²) in [4.78, 5) is 38.0. The molecule has 2 atom stereocenters. The van der Waals surface area contributed by atoms with Crippen LogP contribution < -0.4 is 5.32 Å². The van der Waals surface area contributed by atoms with E-state index in [9.17, 15) is 14.4 Å². The van der Waals surface area contributed by atoms with Crippen molar-refractivity contribution < 1.29 is 14.4 Å². The van der Waals surface area contributed by atoms with Crippen LogP contribution >= 0.6 is 0 Å². The van der Waals surface area contributed by atoms with Gasteiger partial charge < -0.3 is 5.32 Å². The van der Waals surface area contributed by atoms with E-state index in [0.29, 0.717) is 19.4 Å². The lowest BCUT2D eigenvalue weighted by molar-refractivity contribution is -0.140. The van der Waals surface area contributed by atoms with Gasteiger partial charge in [-0.3, -0.25) is 19.3 Å². The fourth-order valence-corrected chi connectivity index (χ4v) is 3.67. The van der Waals surface area contributed by atoms with Crippen molar-refractivity contribution in [3.8, 4) is 0 Å². The third kappa shape index (κ3) is 4.21. The van der Waals surface area contributed by atoms with Gasteiger partial charge in [0.15, 0.2) is 0 Å². The third-order valence-corrected chi connectivity index (χ3v) is 5.25. The maximum atomic E-state index is 12.3. The number of fused-ring (bicyclic) bond motifs is 1. The van der Waals surface area contributed by atoms with Crippen molar-refractivity contribution in [3.05, 3.63) is 47.5 Å². The first-order chi connectivity index (χ1) is 12.6. The minimum atomic E-state index is -0.218. The topological polar surface area (TPSA) is 66.5 Å². The van der Waals surface area contributed by atoms with Crippen molar-refractivity contribution in [1.82, 2.24) is 10.2 Å². The number of hydrogen-bond donors (Lipinski definition) is 1. The fraction of sp³-hybridized carbons (Fsp3) is 0.476. The quantitative estimate of drug-likeness (QED) is 0.464. The zero-order chi connectivity index (χ0) is 18.5. The van der Waals surface area contributed by atoms with Crippen LogP contribution in [0.1, 0.15) is 36.8 Å². The summed E-state index contributed by atoms with van der Waals surface area (Å²) in [6, 6.07) is 8.39. The zero-order valence-corrected chi connectivity index (χ0v) is 15.2. The Kier molecular flexibility index (Phi) is 5.86. The first-order valence-corrected chi connectivity index (χ1v) is 9.38. The number of carbonyl (C=O) groups is 3. The number of benzene rings is 1. The monoisotopic (exact) mass is 354 g/mol. The van der Waals surface area contributed by atoms with Crippen LogP contribution in [0.15, 0.2) is 36.4 Å². The van der Waals surface area contributed by atoms with E-state index in [2.05, 4.69) is 36.5 Å². The molecule has 2 aliphatic rings. The van der Waals surface area contributed by atoms with E-state index in [1.807, 2.05) is 12.2 Å². The highest BCUT2D eigenvalue weighted by Crippen LogP contribution is 2.34. The Morgan fingerprint density at radius 1 is 1.08 bits per heavy atom. The molecule has 1 aromatic rings. The number of likely N-dealkylation sites (tertiary alicyclic amines) is 1. The molecule has 1 aromatic carbocycles. The summed E-state index contributed by atoms with van der Waals surface area (Å²) >= 11 is 0. The predicted molar refractivity (Wildman–Crippen MR) is 99.2 cm³/mol. The molecule has 5 nitrogen and oxygen atoms in total. The van der Waals surface area contributed by atoms with E-state index in [1.165, 1.54) is 16.0 Å². The predicted octanol–water partition coefficient (Wildman–Crippen LogP) is 2.39. The van der Waals surface area contributed by atoms with E-state index in [4.69, 9.17) is 0 Å². The molecule has 0 saturated carbocycles. The molecule has 26 heavy (non-hydrogen) atoms. The molecular weight excluding hydrogens is 328 g/mol. The van der Waals surface area contributed by atoms with E-state index in [1.54, 1.807) is 0 Å². The molecule has 0 radical (unpaired) electrons. The lowest BCUT2D eigenvalue weighted by atomic mass is 9.85. The molecule has 3 rings (SSSR count). The van der Waals surface area contributed by atoms with Crippen LogP contribution in [0.4, 0.5) is 0 Å². The Balaban J connectivity index is 1.37. The van der Waals surface area contributed by atoms with E-state index < -0.39 is 0 Å². The van der Waals surface area contributed by atoms with Gasteiger partial charge in [0.2, 0.25) is 17.7 Å². The molecule has 3 amide bonds. The van der Waals surface area contributed by atoms with Crippen LogP contribution in [0.3, 0.4) is 0 Å². The highest BCUT2D eigenvalue weighted by Gasteiger charge is 2.46. The largest absolute Gasteiger partial charge is 0.356 e. The van der Waals surface area contributed by atoms with Gasteiger partial charge in [0.1, 0.15) is 0 Å². The molecule has 1 aliphatic heterocycles. The van der Waals surface area contributed by atoms with Gasteiger partial charge in [-0.2, -0.15) is 0 Å². The zero-order valence-electron chi connectivity index (χ0n) is 15.2. The Labute approximate surface area is 154 Å². The molecule has 1 fully saturated rings. The van der Waals surface area contributed by atoms with E-state index >= 15 is 0 Å². The van der Waals surface area contributed by atoms with Crippen molar-refractivity contribution in [3.63, 3.8) is 0 Å². The molecule has 1 saturated heterocycles. The second kappa shape index (κ2) is 8.30. The van der Waals surface area contributed by atoms with Crippen LogP contribution in [0.5, 0.6) is 0 Å². The number of imide groups is 1. The smallest absolute Gasteiger partial charge is 0.233 e. The molecule has 0 bridgehead atoms. The number of aryl methyl sites for hydroxylation is 2. The summed E-state index contributed by atoms with van der Waals surface area (Å²) < 4.78 is 0. The van der Waals surface area contributed by atoms with Crippen molar-refractivity contribution in [2.75, 3.05) is 13.1 Å². The van der Waals surface area contributed by atoms with Crippen LogP contribution in [0.25, 0.3) is 0 Å². The Bertz CT molecular complexity index is 682. The second-order valence-corrected chi connectivity index (χ2v) is 7.17. The van der Waals surface area contributed by atoms with Crippen LogP contribution in [-0.2, 0) is 20.8 Å². The highest BCUT2D eigenvalue weighted by atomic mass is 16.2. The molecule has 1 heterocycles. The lowest BCUT2D eigenvalue weighted by Gasteiger charge is -2.14. The van der Waals surface area contributed by atoms with Crippen LogP contribution in [0, 0.1) is 18.8 Å². The lowest BCUT2D eigenvalue weighted by Crippen LogP contribution is -2.35. The van der Waals surface area contributed by atoms with Crippen LogP contribution in [-0.4, -0.2) is 35.7 Å². The van der Waals surface area contributed by atoms with E-state index in [-0.39, 0.29) is 42.5 Å². The minimum absolute atomic E-state index is 0.109. The number of carbonyl (C=O) groups excluding carboxylic acids is 3. The summed E-state index contributed by atoms with van der Waals surface area (Å²) in [6.45, 7) is 2.85. The number of hydrogen-bond acceptors (Lipinski definition) is 3. The summed E-state index contributed by atoms with van der Waals surface area (Å²) in [5, 5.41) is 2.88. The summed E-state index contributed by atoms with van der Waals surface area (Å²) in [5.41, 5.74) is 2.50. The number of amides is 3. The molecule has 0 unspecified atom stereocenters. The minimum Gasteiger partial charge on any atom is -0.356 e. The van der Waals surface area contributed by atoms with Gasteiger partial charge in [-0.1, -0.05) is 42.0 Å². The molecule has 0 aromatic heterocycles. The van der Waals surface area contributed by atoms with Gasteiger partial charge in [-0.25, -0.2) is 0 Å². The SMILES string of the molecule is Cc1ccc(CCCNC(=O)CCN2C(=O)[C@H]3CC=CC[C@H]3C2=O)cc1. The summed E-state index contributed by atoms with van der Waals surface area (Å²) in [5.74, 6) is -0.773. The average molecular weight is 354 g/mol. The van der Waals surface area contributed by atoms with Gasteiger partial charge in [0.05, 0.1) is 11.8 Å². The van der Waals surface area contributed by atoms with Crippen LogP contribution in [0.2, 0.25) is 0 Å². The maximum absolute atomic E-state index is 12.3. The molecule has 0 spiro atoms. The number of rotatable bonds is 7. The van der Waals surface area contributed by atoms with Crippen molar-refractivity contribution in [2.45, 2.75) is 39.0 Å². The average Bonchev–Trinajstić information content (AvgIpc) is 2.89. The first-order valence-electron chi connectivity index (χ1n) is 9.38. The Morgan fingerprint density at radius 2 is 1.69 bits per heavy atom. The third-order valence-electron chi connectivity index (χ3n) is 5.25. The molecule has 5 heteroatoms. The molecular formula is C21H26N2O3. The van der Waals surface area contributed by atoms with Gasteiger partial charge >= 0.3 is 0 Å². The molecule has 1 N–H and O–H groups in total. The molecule has 138 valence electrons. The van der Waals surface area contributed by atoms with Crippen molar-refractivity contribution >= 4 is 17.7 Å². The summed E-state index contributed by atoms with van der Waals surface area (Å²) in [7, 11) is 0. The van der Waals surface area contributed by atoms with Gasteiger partial charge in [-0.15, -0.1) is 0 Å². The number of nitrogens with zero attached hydrogens (tertiary/aromatic N) is 1. The maximum Gasteiger partial charge on any atom is 0.233 e. The standard InChI is InChI=1S/C21H26N2O3/c1-15-8-10-16(11-9-15)5-4-13-22-19(24)12-14-23-20(25)17-6-2-3-7-18(17)21(23)26/h2-3,8-11,17-18H,4-7,12-14H2,1H3,(H,22,24)/t17-,18+. The van der Waals surface area contributed by atoms with Gasteiger partial charge in [0.25, 0.3) is 0 Å². The second-order valence-electron chi connectivity index (χ2n) is 7.17. The van der Waals surface area contributed by atoms with Crippen molar-refractivity contribution in [2.24, 2.45) is 11.8 Å². The van der Waals surface area contributed by atoms with Crippen molar-refractivity contribution in [1.29, 1.82) is 0 Å². The molecule has 1 aliphatic carbocycles. The van der Waals surface area contributed by atoms with Gasteiger partial charge in [-0.05, 0) is 38.2 Å². The summed E-state index contributed by atoms with van der Waals surface area (Å²) in [6.07, 6.45) is 7.17. The van der Waals surface area contributed by atoms with E-state index in [0.717, 1.165) is 12.8 Å². The Morgan fingerprint density at radius 3 is 2.31 bits per heavy atom.